The largest absolute Gasteiger partial charge is 0.481 e. The highest BCUT2D eigenvalue weighted by Crippen LogP contribution is 2.29. The number of carboxylic acid groups (broad SMARTS) is 1. The molecule has 1 saturated heterocycles. The second-order valence-electron chi connectivity index (χ2n) is 6.07. The number of nitrogens with zero attached hydrogens (tertiary/aromatic N) is 1. The summed E-state index contributed by atoms with van der Waals surface area (Å²) < 4.78 is 0. The predicted molar refractivity (Wildman–Crippen MR) is 76.5 cm³/mol. The summed E-state index contributed by atoms with van der Waals surface area (Å²) >= 11 is 0. The van der Waals surface area contributed by atoms with Gasteiger partial charge in [-0.25, -0.2) is 0 Å². The Balaban J connectivity index is 2.15. The molecule has 0 aromatic heterocycles. The van der Waals surface area contributed by atoms with E-state index in [0.717, 1.165) is 11.1 Å². The molecule has 1 N–H and O–H groups in total. The average Bonchev–Trinajstić information content (AvgIpc) is 2.88. The Bertz CT molecular complexity index is 519. The summed E-state index contributed by atoms with van der Waals surface area (Å²) in [5, 5.41) is 9.03. The molecule has 1 fully saturated rings. The van der Waals surface area contributed by atoms with Gasteiger partial charge in [-0.05, 0) is 32.8 Å². The van der Waals surface area contributed by atoms with Crippen molar-refractivity contribution in [3.8, 4) is 0 Å². The molecule has 1 aliphatic heterocycles. The Labute approximate surface area is 119 Å². The van der Waals surface area contributed by atoms with Crippen molar-refractivity contribution in [2.45, 2.75) is 32.6 Å². The zero-order valence-electron chi connectivity index (χ0n) is 12.2. The van der Waals surface area contributed by atoms with Gasteiger partial charge >= 0.3 is 5.97 Å². The van der Waals surface area contributed by atoms with Gasteiger partial charge in [0.15, 0.2) is 0 Å². The summed E-state index contributed by atoms with van der Waals surface area (Å²) in [5.74, 6) is -1.23. The van der Waals surface area contributed by atoms with E-state index in [1.54, 1.807) is 4.90 Å². The van der Waals surface area contributed by atoms with Crippen LogP contribution in [-0.4, -0.2) is 35.0 Å². The van der Waals surface area contributed by atoms with Crippen molar-refractivity contribution in [2.75, 3.05) is 13.1 Å². The van der Waals surface area contributed by atoms with Crippen molar-refractivity contribution in [3.63, 3.8) is 0 Å². The minimum Gasteiger partial charge on any atom is -0.481 e. The van der Waals surface area contributed by atoms with Crippen LogP contribution in [0.15, 0.2) is 24.3 Å². The van der Waals surface area contributed by atoms with Crippen LogP contribution in [0.25, 0.3) is 0 Å². The van der Waals surface area contributed by atoms with Gasteiger partial charge in [0, 0.05) is 13.1 Å². The van der Waals surface area contributed by atoms with Crippen LogP contribution in [0.4, 0.5) is 0 Å². The maximum atomic E-state index is 12.7. The van der Waals surface area contributed by atoms with Crippen LogP contribution in [0.1, 0.15) is 31.4 Å². The third kappa shape index (κ3) is 2.69. The standard InChI is InChI=1S/C16H21NO3/c1-11-4-6-13(7-5-11)16(2,3)15(20)17-9-8-12(10-17)14(18)19/h4-7,12H,8-10H2,1-3H3,(H,18,19)/t12-/m0/s1. The topological polar surface area (TPSA) is 57.6 Å². The van der Waals surface area contributed by atoms with Crippen LogP contribution in [0.3, 0.4) is 0 Å². The van der Waals surface area contributed by atoms with Crippen LogP contribution < -0.4 is 0 Å². The fourth-order valence-electron chi connectivity index (χ4n) is 2.64. The summed E-state index contributed by atoms with van der Waals surface area (Å²) in [5.41, 5.74) is 1.50. The van der Waals surface area contributed by atoms with E-state index in [1.807, 2.05) is 45.0 Å². The molecule has 20 heavy (non-hydrogen) atoms. The van der Waals surface area contributed by atoms with Crippen LogP contribution in [0.5, 0.6) is 0 Å². The van der Waals surface area contributed by atoms with Crippen molar-refractivity contribution >= 4 is 11.9 Å². The van der Waals surface area contributed by atoms with Gasteiger partial charge in [-0.3, -0.25) is 9.59 Å². The number of carbonyl (C=O) groups is 2. The predicted octanol–water partition coefficient (Wildman–Crippen LogP) is 2.21. The van der Waals surface area contributed by atoms with E-state index in [4.69, 9.17) is 5.11 Å². The van der Waals surface area contributed by atoms with Crippen LogP contribution in [0.2, 0.25) is 0 Å². The lowest BCUT2D eigenvalue weighted by Gasteiger charge is -2.29. The molecule has 0 radical (unpaired) electrons. The van der Waals surface area contributed by atoms with Gasteiger partial charge in [-0.2, -0.15) is 0 Å². The Morgan fingerprint density at radius 1 is 1.25 bits per heavy atom. The number of amides is 1. The molecule has 1 amide bonds. The minimum atomic E-state index is -0.812. The first-order chi connectivity index (χ1) is 9.32. The first-order valence-electron chi connectivity index (χ1n) is 6.91. The molecule has 1 aromatic carbocycles. The van der Waals surface area contributed by atoms with Crippen molar-refractivity contribution < 1.29 is 14.7 Å². The molecule has 1 aliphatic rings. The van der Waals surface area contributed by atoms with E-state index in [-0.39, 0.29) is 5.91 Å². The lowest BCUT2D eigenvalue weighted by atomic mass is 9.83. The first kappa shape index (κ1) is 14.6. The monoisotopic (exact) mass is 275 g/mol. The van der Waals surface area contributed by atoms with E-state index in [1.165, 1.54) is 0 Å². The molecule has 2 rings (SSSR count). The number of likely N-dealkylation sites (tertiary alicyclic amines) is 1. The van der Waals surface area contributed by atoms with Crippen molar-refractivity contribution in [3.05, 3.63) is 35.4 Å². The molecule has 4 heteroatoms. The average molecular weight is 275 g/mol. The fraction of sp³-hybridized carbons (Fsp3) is 0.500. The van der Waals surface area contributed by atoms with Crippen LogP contribution >= 0.6 is 0 Å². The van der Waals surface area contributed by atoms with Crippen molar-refractivity contribution in [2.24, 2.45) is 5.92 Å². The number of aliphatic carboxylic acids is 1. The van der Waals surface area contributed by atoms with E-state index in [9.17, 15) is 9.59 Å². The number of carboxylic acids is 1. The molecule has 108 valence electrons. The molecule has 1 aromatic rings. The third-order valence-corrected chi connectivity index (χ3v) is 4.13. The van der Waals surface area contributed by atoms with E-state index in [2.05, 4.69) is 0 Å². The number of hydrogen-bond acceptors (Lipinski definition) is 2. The number of rotatable bonds is 3. The summed E-state index contributed by atoms with van der Waals surface area (Å²) in [4.78, 5) is 25.3. The second kappa shape index (κ2) is 5.27. The minimum absolute atomic E-state index is 0.00473. The third-order valence-electron chi connectivity index (χ3n) is 4.13. The number of benzene rings is 1. The highest BCUT2D eigenvalue weighted by molar-refractivity contribution is 5.88. The quantitative estimate of drug-likeness (QED) is 0.920. The molecule has 0 unspecified atom stereocenters. The Hall–Kier alpha value is -1.84. The molecule has 1 atom stereocenters. The maximum absolute atomic E-state index is 12.7. The number of hydrogen-bond donors (Lipinski definition) is 1. The zero-order chi connectivity index (χ0) is 14.9. The number of aryl methyl sites for hydroxylation is 1. The molecule has 4 nitrogen and oxygen atoms in total. The Morgan fingerprint density at radius 2 is 1.85 bits per heavy atom. The molecule has 1 heterocycles. The van der Waals surface area contributed by atoms with Gasteiger partial charge in [-0.15, -0.1) is 0 Å². The lowest BCUT2D eigenvalue weighted by Crippen LogP contribution is -2.42. The molecule has 0 saturated carbocycles. The van der Waals surface area contributed by atoms with E-state index < -0.39 is 17.3 Å². The highest BCUT2D eigenvalue weighted by atomic mass is 16.4. The zero-order valence-corrected chi connectivity index (χ0v) is 12.2. The number of carbonyl (C=O) groups excluding carboxylic acids is 1. The van der Waals surface area contributed by atoms with Gasteiger partial charge in [-0.1, -0.05) is 29.8 Å². The molecule has 0 bridgehead atoms. The SMILES string of the molecule is Cc1ccc(C(C)(C)C(=O)N2CC[C@H](C(=O)O)C2)cc1. The Kier molecular flexibility index (Phi) is 3.84. The summed E-state index contributed by atoms with van der Waals surface area (Å²) in [6, 6.07) is 7.93. The van der Waals surface area contributed by atoms with Crippen LogP contribution in [0, 0.1) is 12.8 Å². The lowest BCUT2D eigenvalue weighted by molar-refractivity contribution is -0.141. The van der Waals surface area contributed by atoms with E-state index >= 15 is 0 Å². The summed E-state index contributed by atoms with van der Waals surface area (Å²) in [7, 11) is 0. The molecule has 0 spiro atoms. The van der Waals surface area contributed by atoms with Gasteiger partial charge < -0.3 is 10.0 Å². The molecule has 0 aliphatic carbocycles. The van der Waals surface area contributed by atoms with Crippen molar-refractivity contribution in [1.29, 1.82) is 0 Å². The van der Waals surface area contributed by atoms with Gasteiger partial charge in [0.1, 0.15) is 0 Å². The van der Waals surface area contributed by atoms with Crippen molar-refractivity contribution in [1.82, 2.24) is 4.90 Å². The molecular weight excluding hydrogens is 254 g/mol. The normalized spacial score (nSPS) is 19.1. The fourth-order valence-corrected chi connectivity index (χ4v) is 2.64. The van der Waals surface area contributed by atoms with Gasteiger partial charge in [0.25, 0.3) is 0 Å². The first-order valence-corrected chi connectivity index (χ1v) is 6.91. The maximum Gasteiger partial charge on any atom is 0.308 e. The van der Waals surface area contributed by atoms with Gasteiger partial charge in [0.2, 0.25) is 5.91 Å². The van der Waals surface area contributed by atoms with E-state index in [0.29, 0.717) is 19.5 Å². The summed E-state index contributed by atoms with van der Waals surface area (Å²) in [6.45, 7) is 6.66. The molecular formula is C16H21NO3. The van der Waals surface area contributed by atoms with Crippen LogP contribution in [-0.2, 0) is 15.0 Å². The Morgan fingerprint density at radius 3 is 2.35 bits per heavy atom. The van der Waals surface area contributed by atoms with Gasteiger partial charge in [0.05, 0.1) is 11.3 Å². The smallest absolute Gasteiger partial charge is 0.308 e. The second-order valence-corrected chi connectivity index (χ2v) is 6.07. The highest BCUT2D eigenvalue weighted by Gasteiger charge is 2.38. The summed E-state index contributed by atoms with van der Waals surface area (Å²) in [6.07, 6.45) is 0.547.